The van der Waals surface area contributed by atoms with Crippen LogP contribution in [-0.4, -0.2) is 22.4 Å². The minimum atomic E-state index is -0.312. The van der Waals surface area contributed by atoms with Gasteiger partial charge in [-0.3, -0.25) is 4.79 Å². The van der Waals surface area contributed by atoms with Crippen molar-refractivity contribution in [3.8, 4) is 5.75 Å². The van der Waals surface area contributed by atoms with Gasteiger partial charge < -0.3 is 10.4 Å². The SMILES string of the molecule is O=C(NC1(CCl)CCCC1)c1cc(Br)ccc1O. The molecule has 0 saturated heterocycles. The van der Waals surface area contributed by atoms with Gasteiger partial charge in [-0.05, 0) is 31.0 Å². The lowest BCUT2D eigenvalue weighted by Crippen LogP contribution is -2.47. The summed E-state index contributed by atoms with van der Waals surface area (Å²) in [5.41, 5.74) is -0.0336. The predicted molar refractivity (Wildman–Crippen MR) is 75.2 cm³/mol. The van der Waals surface area contributed by atoms with Crippen molar-refractivity contribution < 1.29 is 9.90 Å². The number of halogens is 2. The second-order valence-corrected chi connectivity index (χ2v) is 5.92. The summed E-state index contributed by atoms with van der Waals surface area (Å²) in [5, 5.41) is 12.7. The molecular weight excluding hydrogens is 318 g/mol. The number of carbonyl (C=O) groups is 1. The first-order valence-corrected chi connectivity index (χ1v) is 7.26. The van der Waals surface area contributed by atoms with Crippen LogP contribution in [0.5, 0.6) is 5.75 Å². The van der Waals surface area contributed by atoms with Crippen molar-refractivity contribution in [1.29, 1.82) is 0 Å². The third-order valence-electron chi connectivity index (χ3n) is 3.40. The molecular formula is C13H15BrClNO2. The molecule has 1 aliphatic carbocycles. The van der Waals surface area contributed by atoms with Crippen LogP contribution in [0.25, 0.3) is 0 Å². The molecule has 1 aromatic carbocycles. The van der Waals surface area contributed by atoms with Crippen molar-refractivity contribution in [2.45, 2.75) is 31.2 Å². The van der Waals surface area contributed by atoms with Gasteiger partial charge >= 0.3 is 0 Å². The zero-order chi connectivity index (χ0) is 13.2. The summed E-state index contributed by atoms with van der Waals surface area (Å²) < 4.78 is 0.761. The van der Waals surface area contributed by atoms with E-state index in [9.17, 15) is 9.90 Å². The standard InChI is InChI=1S/C13H15BrClNO2/c14-9-3-4-11(17)10(7-9)12(18)16-13(8-15)5-1-2-6-13/h3-4,7,17H,1-2,5-6,8H2,(H,16,18). The van der Waals surface area contributed by atoms with Crippen molar-refractivity contribution in [2.24, 2.45) is 0 Å². The lowest BCUT2D eigenvalue weighted by molar-refractivity contribution is 0.0906. The van der Waals surface area contributed by atoms with Crippen LogP contribution in [0.4, 0.5) is 0 Å². The van der Waals surface area contributed by atoms with Gasteiger partial charge in [-0.15, -0.1) is 11.6 Å². The second-order valence-electron chi connectivity index (χ2n) is 4.74. The van der Waals surface area contributed by atoms with E-state index in [2.05, 4.69) is 21.2 Å². The molecule has 0 bridgehead atoms. The fraction of sp³-hybridized carbons (Fsp3) is 0.462. The van der Waals surface area contributed by atoms with Crippen molar-refractivity contribution in [3.63, 3.8) is 0 Å². The molecule has 0 spiro atoms. The van der Waals surface area contributed by atoms with E-state index in [1.807, 2.05) is 0 Å². The fourth-order valence-corrected chi connectivity index (χ4v) is 3.04. The highest BCUT2D eigenvalue weighted by Gasteiger charge is 2.35. The molecule has 0 unspecified atom stereocenters. The van der Waals surface area contributed by atoms with E-state index in [1.54, 1.807) is 12.1 Å². The van der Waals surface area contributed by atoms with Crippen molar-refractivity contribution >= 4 is 33.4 Å². The Kier molecular flexibility index (Phi) is 4.17. The van der Waals surface area contributed by atoms with Gasteiger partial charge in [0.2, 0.25) is 0 Å². The second kappa shape index (κ2) is 5.49. The first-order valence-electron chi connectivity index (χ1n) is 5.93. The van der Waals surface area contributed by atoms with Crippen LogP contribution in [0, 0.1) is 0 Å². The molecule has 3 nitrogen and oxygen atoms in total. The largest absolute Gasteiger partial charge is 0.507 e. The third kappa shape index (κ3) is 2.81. The van der Waals surface area contributed by atoms with Crippen LogP contribution in [0.1, 0.15) is 36.0 Å². The average molecular weight is 333 g/mol. The predicted octanol–water partition coefficient (Wildman–Crippen LogP) is 3.44. The van der Waals surface area contributed by atoms with Crippen molar-refractivity contribution in [2.75, 3.05) is 5.88 Å². The molecule has 0 atom stereocenters. The van der Waals surface area contributed by atoms with Crippen LogP contribution < -0.4 is 5.32 Å². The summed E-state index contributed by atoms with van der Waals surface area (Å²) in [6.07, 6.45) is 3.96. The topological polar surface area (TPSA) is 49.3 Å². The summed E-state index contributed by atoms with van der Waals surface area (Å²) >= 11 is 9.27. The van der Waals surface area contributed by atoms with Crippen LogP contribution in [0.2, 0.25) is 0 Å². The minimum absolute atomic E-state index is 0.0154. The van der Waals surface area contributed by atoms with E-state index < -0.39 is 0 Å². The fourth-order valence-electron chi connectivity index (χ4n) is 2.34. The number of rotatable bonds is 3. The molecule has 0 aliphatic heterocycles. The molecule has 1 amide bonds. The quantitative estimate of drug-likeness (QED) is 0.833. The Morgan fingerprint density at radius 3 is 2.72 bits per heavy atom. The maximum atomic E-state index is 12.2. The van der Waals surface area contributed by atoms with Crippen LogP contribution in [-0.2, 0) is 0 Å². The molecule has 0 radical (unpaired) electrons. The molecule has 1 aromatic rings. The molecule has 5 heteroatoms. The lowest BCUT2D eigenvalue weighted by atomic mass is 9.99. The zero-order valence-electron chi connectivity index (χ0n) is 9.88. The Morgan fingerprint density at radius 1 is 1.44 bits per heavy atom. The Balaban J connectivity index is 2.18. The highest BCUT2D eigenvalue weighted by molar-refractivity contribution is 9.10. The smallest absolute Gasteiger partial charge is 0.255 e. The molecule has 98 valence electrons. The van der Waals surface area contributed by atoms with E-state index >= 15 is 0 Å². The van der Waals surface area contributed by atoms with Gasteiger partial charge in [0.05, 0.1) is 11.1 Å². The Morgan fingerprint density at radius 2 is 2.11 bits per heavy atom. The normalized spacial score (nSPS) is 17.7. The van der Waals surface area contributed by atoms with E-state index in [4.69, 9.17) is 11.6 Å². The van der Waals surface area contributed by atoms with Crippen LogP contribution in [0.3, 0.4) is 0 Å². The van der Waals surface area contributed by atoms with E-state index in [0.29, 0.717) is 5.88 Å². The number of benzene rings is 1. The molecule has 0 heterocycles. The number of phenols is 1. The first-order chi connectivity index (χ1) is 8.56. The van der Waals surface area contributed by atoms with Gasteiger partial charge in [-0.1, -0.05) is 28.8 Å². The van der Waals surface area contributed by atoms with Crippen molar-refractivity contribution in [1.82, 2.24) is 5.32 Å². The molecule has 2 rings (SSSR count). The summed E-state index contributed by atoms with van der Waals surface area (Å²) in [4.78, 5) is 12.2. The van der Waals surface area contributed by atoms with E-state index in [-0.39, 0.29) is 22.8 Å². The first kappa shape index (κ1) is 13.7. The number of nitrogens with one attached hydrogen (secondary N) is 1. The monoisotopic (exact) mass is 331 g/mol. The van der Waals surface area contributed by atoms with Gasteiger partial charge in [-0.2, -0.15) is 0 Å². The maximum absolute atomic E-state index is 12.2. The minimum Gasteiger partial charge on any atom is -0.507 e. The number of phenolic OH excluding ortho intramolecular Hbond substituents is 1. The van der Waals surface area contributed by atoms with Gasteiger partial charge in [0.25, 0.3) is 5.91 Å². The van der Waals surface area contributed by atoms with Crippen molar-refractivity contribution in [3.05, 3.63) is 28.2 Å². The highest BCUT2D eigenvalue weighted by atomic mass is 79.9. The molecule has 1 saturated carbocycles. The van der Waals surface area contributed by atoms with E-state index in [0.717, 1.165) is 30.2 Å². The van der Waals surface area contributed by atoms with Crippen LogP contribution in [0.15, 0.2) is 22.7 Å². The highest BCUT2D eigenvalue weighted by Crippen LogP contribution is 2.32. The number of amides is 1. The summed E-state index contributed by atoms with van der Waals surface area (Å²) in [5.74, 6) is 0.128. The summed E-state index contributed by atoms with van der Waals surface area (Å²) in [7, 11) is 0. The number of hydrogen-bond acceptors (Lipinski definition) is 2. The molecule has 1 aliphatic rings. The van der Waals surface area contributed by atoms with Crippen LogP contribution >= 0.6 is 27.5 Å². The number of alkyl halides is 1. The Labute approximate surface area is 120 Å². The Hall–Kier alpha value is -0.740. The number of aromatic hydroxyl groups is 1. The lowest BCUT2D eigenvalue weighted by Gasteiger charge is -2.28. The third-order valence-corrected chi connectivity index (χ3v) is 4.40. The van der Waals surface area contributed by atoms with Gasteiger partial charge in [0.15, 0.2) is 0 Å². The summed E-state index contributed by atoms with van der Waals surface area (Å²) in [6.45, 7) is 0. The maximum Gasteiger partial charge on any atom is 0.255 e. The van der Waals surface area contributed by atoms with Gasteiger partial charge in [0.1, 0.15) is 5.75 Å². The zero-order valence-corrected chi connectivity index (χ0v) is 12.2. The number of hydrogen-bond donors (Lipinski definition) is 2. The molecule has 0 aromatic heterocycles. The average Bonchev–Trinajstić information content (AvgIpc) is 2.81. The van der Waals surface area contributed by atoms with Gasteiger partial charge in [0, 0.05) is 10.4 Å². The molecule has 18 heavy (non-hydrogen) atoms. The van der Waals surface area contributed by atoms with E-state index in [1.165, 1.54) is 6.07 Å². The number of carbonyl (C=O) groups excluding carboxylic acids is 1. The molecule has 1 fully saturated rings. The summed E-state index contributed by atoms with van der Waals surface area (Å²) in [6, 6.07) is 4.81. The van der Waals surface area contributed by atoms with Gasteiger partial charge in [-0.25, -0.2) is 0 Å². The molecule has 2 N–H and O–H groups in total. The Bertz CT molecular complexity index is 458.